The number of benzene rings is 1. The first-order valence-corrected chi connectivity index (χ1v) is 12.2. The smallest absolute Gasteiger partial charge is 0.410 e. The van der Waals surface area contributed by atoms with Crippen LogP contribution in [0, 0.1) is 11.3 Å². The van der Waals surface area contributed by atoms with Crippen LogP contribution in [0.25, 0.3) is 11.3 Å². The van der Waals surface area contributed by atoms with Crippen molar-refractivity contribution in [1.82, 2.24) is 14.7 Å². The lowest BCUT2D eigenvalue weighted by Crippen LogP contribution is -2.44. The van der Waals surface area contributed by atoms with E-state index >= 15 is 0 Å². The zero-order valence-electron chi connectivity index (χ0n) is 21.2. The lowest BCUT2D eigenvalue weighted by molar-refractivity contribution is -0.0441. The molecule has 3 heterocycles. The van der Waals surface area contributed by atoms with Gasteiger partial charge in [0, 0.05) is 24.2 Å². The Bertz CT molecular complexity index is 1140. The second-order valence-electron chi connectivity index (χ2n) is 9.77. The SMILES string of the molecule is CCOC(=O)c1c(C#N)c(-c2ccc(C3OCCO3)cc2)nn1C1CCCN(C(=O)OC(C)(C)C)C1. The maximum Gasteiger partial charge on any atom is 0.410 e. The molecular weight excluding hydrogens is 464 g/mol. The summed E-state index contributed by atoms with van der Waals surface area (Å²) < 4.78 is 23.5. The molecule has 1 aromatic carbocycles. The molecule has 0 spiro atoms. The molecule has 10 nitrogen and oxygen atoms in total. The van der Waals surface area contributed by atoms with Gasteiger partial charge in [-0.05, 0) is 40.5 Å². The van der Waals surface area contributed by atoms with Crippen LogP contribution in [0.5, 0.6) is 0 Å². The number of hydrogen-bond donors (Lipinski definition) is 0. The molecule has 4 rings (SSSR count). The average Bonchev–Trinajstić information content (AvgIpc) is 3.52. The molecule has 0 N–H and O–H groups in total. The van der Waals surface area contributed by atoms with Gasteiger partial charge in [0.1, 0.15) is 22.9 Å². The number of nitriles is 1. The Labute approximate surface area is 210 Å². The molecule has 2 saturated heterocycles. The van der Waals surface area contributed by atoms with Gasteiger partial charge in [-0.1, -0.05) is 24.3 Å². The number of piperidine rings is 1. The van der Waals surface area contributed by atoms with E-state index in [2.05, 4.69) is 6.07 Å². The van der Waals surface area contributed by atoms with E-state index in [0.29, 0.717) is 50.4 Å². The first kappa shape index (κ1) is 25.7. The lowest BCUT2D eigenvalue weighted by Gasteiger charge is -2.34. The minimum absolute atomic E-state index is 0.0944. The van der Waals surface area contributed by atoms with E-state index in [-0.39, 0.29) is 23.9 Å². The summed E-state index contributed by atoms with van der Waals surface area (Å²) in [4.78, 5) is 27.3. The highest BCUT2D eigenvalue weighted by Crippen LogP contribution is 2.32. The van der Waals surface area contributed by atoms with Crippen molar-refractivity contribution in [2.75, 3.05) is 32.9 Å². The summed E-state index contributed by atoms with van der Waals surface area (Å²) in [5.41, 5.74) is 1.54. The number of amides is 1. The van der Waals surface area contributed by atoms with Gasteiger partial charge in [0.05, 0.1) is 25.9 Å². The molecule has 1 atom stereocenters. The highest BCUT2D eigenvalue weighted by molar-refractivity contribution is 5.93. The van der Waals surface area contributed by atoms with Crippen molar-refractivity contribution in [3.63, 3.8) is 0 Å². The predicted octanol–water partition coefficient (Wildman–Crippen LogP) is 4.22. The minimum atomic E-state index is -0.619. The lowest BCUT2D eigenvalue weighted by atomic mass is 10.0. The second kappa shape index (κ2) is 10.7. The summed E-state index contributed by atoms with van der Waals surface area (Å²) in [6, 6.07) is 9.23. The second-order valence-corrected chi connectivity index (χ2v) is 9.77. The van der Waals surface area contributed by atoms with Crippen LogP contribution < -0.4 is 0 Å². The number of aromatic nitrogens is 2. The largest absolute Gasteiger partial charge is 0.461 e. The van der Waals surface area contributed by atoms with Crippen molar-refractivity contribution in [1.29, 1.82) is 5.26 Å². The molecule has 1 unspecified atom stereocenters. The van der Waals surface area contributed by atoms with E-state index in [4.69, 9.17) is 24.0 Å². The van der Waals surface area contributed by atoms with Crippen molar-refractivity contribution in [3.8, 4) is 17.3 Å². The first-order valence-electron chi connectivity index (χ1n) is 12.2. The van der Waals surface area contributed by atoms with Gasteiger partial charge in [0.2, 0.25) is 0 Å². The van der Waals surface area contributed by atoms with Crippen LogP contribution in [0.4, 0.5) is 4.79 Å². The third-order valence-corrected chi connectivity index (χ3v) is 5.96. The highest BCUT2D eigenvalue weighted by atomic mass is 16.7. The Morgan fingerprint density at radius 1 is 1.19 bits per heavy atom. The topological polar surface area (TPSA) is 116 Å². The fraction of sp³-hybridized carbons (Fsp3) is 0.538. The zero-order valence-corrected chi connectivity index (χ0v) is 21.2. The van der Waals surface area contributed by atoms with Crippen LogP contribution >= 0.6 is 0 Å². The molecule has 1 aromatic heterocycles. The summed E-state index contributed by atoms with van der Waals surface area (Å²) >= 11 is 0. The first-order chi connectivity index (χ1) is 17.2. The molecule has 2 aliphatic heterocycles. The maximum absolute atomic E-state index is 13.0. The molecule has 0 bridgehead atoms. The summed E-state index contributed by atoms with van der Waals surface area (Å²) in [5, 5.41) is 14.8. The Morgan fingerprint density at radius 2 is 1.89 bits per heavy atom. The normalized spacial score (nSPS) is 18.6. The number of carbonyl (C=O) groups is 2. The Hall–Kier alpha value is -3.42. The fourth-order valence-corrected chi connectivity index (χ4v) is 4.40. The van der Waals surface area contributed by atoms with Crippen molar-refractivity contribution >= 4 is 12.1 Å². The maximum atomic E-state index is 13.0. The van der Waals surface area contributed by atoms with Crippen LogP contribution in [-0.2, 0) is 18.9 Å². The standard InChI is InChI=1S/C26H32N4O6/c1-5-33-23(31)22-20(15-27)21(17-8-10-18(11-9-17)24-34-13-14-35-24)28-30(22)19-7-6-12-29(16-19)25(32)36-26(2,3)4/h8-11,19,24H,5-7,12-14,16H2,1-4H3. The Balaban J connectivity index is 1.69. The molecule has 2 fully saturated rings. The van der Waals surface area contributed by atoms with Gasteiger partial charge < -0.3 is 23.8 Å². The molecule has 1 amide bonds. The number of nitrogens with zero attached hydrogens (tertiary/aromatic N) is 4. The number of likely N-dealkylation sites (tertiary alicyclic amines) is 1. The van der Waals surface area contributed by atoms with Crippen LogP contribution in [-0.4, -0.2) is 65.3 Å². The van der Waals surface area contributed by atoms with Crippen LogP contribution in [0.2, 0.25) is 0 Å². The number of carbonyl (C=O) groups excluding carboxylic acids is 2. The molecule has 2 aliphatic rings. The van der Waals surface area contributed by atoms with E-state index in [1.165, 1.54) is 0 Å². The highest BCUT2D eigenvalue weighted by Gasteiger charge is 2.34. The summed E-state index contributed by atoms with van der Waals surface area (Å²) in [6.45, 7) is 9.27. The third kappa shape index (κ3) is 5.53. The van der Waals surface area contributed by atoms with E-state index in [9.17, 15) is 14.9 Å². The van der Waals surface area contributed by atoms with Crippen molar-refractivity contribution < 1.29 is 28.5 Å². The van der Waals surface area contributed by atoms with Crippen molar-refractivity contribution in [2.45, 2.75) is 58.5 Å². The summed E-state index contributed by atoms with van der Waals surface area (Å²) in [6.07, 6.45) is 0.569. The molecule has 36 heavy (non-hydrogen) atoms. The van der Waals surface area contributed by atoms with Gasteiger partial charge in [-0.15, -0.1) is 0 Å². The monoisotopic (exact) mass is 496 g/mol. The van der Waals surface area contributed by atoms with Gasteiger partial charge in [-0.3, -0.25) is 4.68 Å². The van der Waals surface area contributed by atoms with Gasteiger partial charge in [-0.25, -0.2) is 9.59 Å². The fourth-order valence-electron chi connectivity index (χ4n) is 4.40. The van der Waals surface area contributed by atoms with E-state index in [1.54, 1.807) is 16.5 Å². The molecule has 10 heteroatoms. The van der Waals surface area contributed by atoms with Gasteiger partial charge >= 0.3 is 12.1 Å². The quantitative estimate of drug-likeness (QED) is 0.565. The summed E-state index contributed by atoms with van der Waals surface area (Å²) in [5.74, 6) is -0.619. The Kier molecular flexibility index (Phi) is 7.62. The number of esters is 1. The predicted molar refractivity (Wildman–Crippen MR) is 129 cm³/mol. The summed E-state index contributed by atoms with van der Waals surface area (Å²) in [7, 11) is 0. The van der Waals surface area contributed by atoms with Crippen molar-refractivity contribution in [2.24, 2.45) is 0 Å². The number of hydrogen-bond acceptors (Lipinski definition) is 8. The van der Waals surface area contributed by atoms with Crippen LogP contribution in [0.1, 0.15) is 74.5 Å². The Morgan fingerprint density at radius 3 is 2.50 bits per heavy atom. The van der Waals surface area contributed by atoms with Crippen LogP contribution in [0.3, 0.4) is 0 Å². The molecule has 2 aromatic rings. The van der Waals surface area contributed by atoms with E-state index < -0.39 is 24.0 Å². The van der Waals surface area contributed by atoms with Gasteiger partial charge in [0.25, 0.3) is 0 Å². The average molecular weight is 497 g/mol. The van der Waals surface area contributed by atoms with E-state index in [1.807, 2.05) is 45.0 Å². The zero-order chi connectivity index (χ0) is 25.9. The van der Waals surface area contributed by atoms with Gasteiger partial charge in [0.15, 0.2) is 12.0 Å². The minimum Gasteiger partial charge on any atom is -0.461 e. The van der Waals surface area contributed by atoms with E-state index in [0.717, 1.165) is 5.56 Å². The molecule has 0 radical (unpaired) electrons. The number of rotatable bonds is 5. The molecule has 192 valence electrons. The molecule has 0 aliphatic carbocycles. The van der Waals surface area contributed by atoms with Gasteiger partial charge in [-0.2, -0.15) is 10.4 Å². The molecule has 0 saturated carbocycles. The number of ether oxygens (including phenoxy) is 4. The third-order valence-electron chi connectivity index (χ3n) is 5.96. The van der Waals surface area contributed by atoms with Crippen LogP contribution in [0.15, 0.2) is 24.3 Å². The molecular formula is C26H32N4O6. The van der Waals surface area contributed by atoms with Crippen molar-refractivity contribution in [3.05, 3.63) is 41.1 Å².